The van der Waals surface area contributed by atoms with Gasteiger partial charge in [-0.3, -0.25) is 4.79 Å². The second-order valence-corrected chi connectivity index (χ2v) is 7.21. The van der Waals surface area contributed by atoms with Crippen molar-refractivity contribution in [1.82, 2.24) is 15.6 Å². The number of hydrogen-bond donors (Lipinski definition) is 3. The van der Waals surface area contributed by atoms with Gasteiger partial charge >= 0.3 is 0 Å². The topological polar surface area (TPSA) is 83.5 Å². The van der Waals surface area contributed by atoms with E-state index < -0.39 is 6.10 Å². The van der Waals surface area contributed by atoms with Crippen LogP contribution in [0.4, 0.5) is 0 Å². The summed E-state index contributed by atoms with van der Waals surface area (Å²) in [5.41, 5.74) is -0.0513. The fourth-order valence-electron chi connectivity index (χ4n) is 1.41. The van der Waals surface area contributed by atoms with Crippen LogP contribution in [0.5, 0.6) is 5.19 Å². The maximum absolute atomic E-state index is 11.8. The molecule has 0 radical (unpaired) electrons. The molecule has 1 unspecified atom stereocenters. The standard InChI is InChI=1S/C14H25N3O3S/c1-9(2)17-12(19)11-7-15-13(21-11)20-8-10(18)6-16-14(3,4)5/h7,9-10,16,18H,6,8H2,1-5H3,(H,17,19). The van der Waals surface area contributed by atoms with Gasteiger partial charge in [0.15, 0.2) is 0 Å². The molecule has 0 bridgehead atoms. The fourth-order valence-corrected chi connectivity index (χ4v) is 2.09. The highest BCUT2D eigenvalue weighted by molar-refractivity contribution is 7.15. The third-order valence-electron chi connectivity index (χ3n) is 2.40. The molecule has 1 rings (SSSR count). The molecule has 6 nitrogen and oxygen atoms in total. The van der Waals surface area contributed by atoms with Crippen molar-refractivity contribution in [3.05, 3.63) is 11.1 Å². The van der Waals surface area contributed by atoms with Crippen molar-refractivity contribution in [2.24, 2.45) is 0 Å². The Hall–Kier alpha value is -1.18. The minimum atomic E-state index is -0.624. The number of aliphatic hydroxyl groups excluding tert-OH is 1. The third-order valence-corrected chi connectivity index (χ3v) is 3.30. The average Bonchev–Trinajstić information content (AvgIpc) is 2.81. The van der Waals surface area contributed by atoms with Gasteiger partial charge in [0.05, 0.1) is 6.20 Å². The molecule has 120 valence electrons. The zero-order valence-electron chi connectivity index (χ0n) is 13.3. The van der Waals surface area contributed by atoms with Crippen molar-refractivity contribution in [1.29, 1.82) is 0 Å². The Balaban J connectivity index is 2.39. The molecule has 1 amide bonds. The lowest BCUT2D eigenvalue weighted by atomic mass is 10.1. The van der Waals surface area contributed by atoms with E-state index in [0.717, 1.165) is 0 Å². The van der Waals surface area contributed by atoms with Crippen molar-refractivity contribution in [2.45, 2.75) is 52.3 Å². The summed E-state index contributed by atoms with van der Waals surface area (Å²) in [5.74, 6) is -0.160. The highest BCUT2D eigenvalue weighted by atomic mass is 32.1. The van der Waals surface area contributed by atoms with Crippen LogP contribution >= 0.6 is 11.3 Å². The van der Waals surface area contributed by atoms with Gasteiger partial charge in [0.2, 0.25) is 0 Å². The largest absolute Gasteiger partial charge is 0.467 e. The lowest BCUT2D eigenvalue weighted by molar-refractivity contribution is 0.0947. The molecule has 0 saturated heterocycles. The highest BCUT2D eigenvalue weighted by Gasteiger charge is 2.15. The number of thiazole rings is 1. The van der Waals surface area contributed by atoms with Crippen LogP contribution in [0, 0.1) is 0 Å². The van der Waals surface area contributed by atoms with E-state index in [1.54, 1.807) is 0 Å². The Labute approximate surface area is 129 Å². The summed E-state index contributed by atoms with van der Waals surface area (Å²) in [6.45, 7) is 10.5. The molecule has 3 N–H and O–H groups in total. The van der Waals surface area contributed by atoms with Gasteiger partial charge < -0.3 is 20.5 Å². The summed E-state index contributed by atoms with van der Waals surface area (Å²) >= 11 is 1.17. The molecule has 0 saturated carbocycles. The van der Waals surface area contributed by atoms with Crippen LogP contribution in [0.15, 0.2) is 6.20 Å². The number of nitrogens with zero attached hydrogens (tertiary/aromatic N) is 1. The third kappa shape index (κ3) is 7.40. The van der Waals surface area contributed by atoms with Gasteiger partial charge in [-0.25, -0.2) is 4.98 Å². The summed E-state index contributed by atoms with van der Waals surface area (Å²) in [5, 5.41) is 16.2. The fraction of sp³-hybridized carbons (Fsp3) is 0.714. The Morgan fingerprint density at radius 1 is 1.48 bits per heavy atom. The van der Waals surface area contributed by atoms with Crippen LogP contribution in [-0.2, 0) is 0 Å². The summed E-state index contributed by atoms with van der Waals surface area (Å²) < 4.78 is 5.41. The lowest BCUT2D eigenvalue weighted by Crippen LogP contribution is -2.42. The van der Waals surface area contributed by atoms with E-state index in [1.165, 1.54) is 17.5 Å². The Morgan fingerprint density at radius 3 is 2.71 bits per heavy atom. The molecule has 1 aromatic heterocycles. The van der Waals surface area contributed by atoms with Crippen LogP contribution in [0.2, 0.25) is 0 Å². The van der Waals surface area contributed by atoms with Crippen molar-refractivity contribution >= 4 is 17.2 Å². The van der Waals surface area contributed by atoms with E-state index in [9.17, 15) is 9.90 Å². The van der Waals surface area contributed by atoms with Crippen LogP contribution in [-0.4, -0.2) is 46.8 Å². The smallest absolute Gasteiger partial charge is 0.273 e. The first kappa shape index (κ1) is 17.9. The van der Waals surface area contributed by atoms with E-state index in [1.807, 2.05) is 34.6 Å². The van der Waals surface area contributed by atoms with Gasteiger partial charge in [0.25, 0.3) is 11.1 Å². The Kier molecular flexibility index (Phi) is 6.57. The van der Waals surface area contributed by atoms with Crippen molar-refractivity contribution in [2.75, 3.05) is 13.2 Å². The summed E-state index contributed by atoms with van der Waals surface area (Å²) in [6, 6.07) is 0.0780. The van der Waals surface area contributed by atoms with E-state index in [-0.39, 0.29) is 24.1 Å². The number of amides is 1. The SMILES string of the molecule is CC(C)NC(=O)c1cnc(OCC(O)CNC(C)(C)C)s1. The number of β-amino-alcohol motifs (C(OH)–C–C–N with tert-alkyl or cyclic N) is 1. The molecule has 1 heterocycles. The second-order valence-electron chi connectivity index (χ2n) is 6.21. The molecule has 0 aliphatic heterocycles. The summed E-state index contributed by atoms with van der Waals surface area (Å²) in [4.78, 5) is 16.3. The minimum Gasteiger partial charge on any atom is -0.467 e. The van der Waals surface area contributed by atoms with E-state index in [0.29, 0.717) is 16.6 Å². The normalized spacial score (nSPS) is 13.3. The van der Waals surface area contributed by atoms with Gasteiger partial charge in [-0.1, -0.05) is 11.3 Å². The Bertz CT molecular complexity index is 455. The molecule has 0 fully saturated rings. The van der Waals surface area contributed by atoms with Crippen molar-refractivity contribution in [3.8, 4) is 5.19 Å². The molecule has 0 aliphatic carbocycles. The monoisotopic (exact) mass is 315 g/mol. The highest BCUT2D eigenvalue weighted by Crippen LogP contribution is 2.20. The molecular formula is C14H25N3O3S. The number of ether oxygens (including phenoxy) is 1. The number of carbonyl (C=O) groups is 1. The van der Waals surface area contributed by atoms with Crippen LogP contribution in [0.25, 0.3) is 0 Å². The second kappa shape index (κ2) is 7.72. The summed E-state index contributed by atoms with van der Waals surface area (Å²) in [7, 11) is 0. The predicted octanol–water partition coefficient (Wildman–Crippen LogP) is 1.41. The average molecular weight is 315 g/mol. The maximum atomic E-state index is 11.8. The van der Waals surface area contributed by atoms with E-state index in [2.05, 4.69) is 15.6 Å². The number of hydrogen-bond acceptors (Lipinski definition) is 6. The molecule has 0 aromatic carbocycles. The number of carbonyl (C=O) groups excluding carboxylic acids is 1. The molecule has 1 aromatic rings. The molecule has 21 heavy (non-hydrogen) atoms. The number of aromatic nitrogens is 1. The molecule has 7 heteroatoms. The van der Waals surface area contributed by atoms with Crippen LogP contribution < -0.4 is 15.4 Å². The first-order chi connectivity index (χ1) is 9.67. The van der Waals surface area contributed by atoms with Crippen molar-refractivity contribution < 1.29 is 14.6 Å². The first-order valence-electron chi connectivity index (χ1n) is 7.00. The van der Waals surface area contributed by atoms with Crippen molar-refractivity contribution in [3.63, 3.8) is 0 Å². The van der Waals surface area contributed by atoms with Crippen LogP contribution in [0.1, 0.15) is 44.3 Å². The predicted molar refractivity (Wildman–Crippen MR) is 84.0 cm³/mol. The van der Waals surface area contributed by atoms with Gasteiger partial charge in [-0.15, -0.1) is 0 Å². The quantitative estimate of drug-likeness (QED) is 0.708. The van der Waals surface area contributed by atoms with E-state index >= 15 is 0 Å². The Morgan fingerprint density at radius 2 is 2.14 bits per heavy atom. The van der Waals surface area contributed by atoms with E-state index in [4.69, 9.17) is 4.74 Å². The zero-order chi connectivity index (χ0) is 16.0. The van der Waals surface area contributed by atoms with Gasteiger partial charge in [0.1, 0.15) is 17.6 Å². The zero-order valence-corrected chi connectivity index (χ0v) is 14.1. The minimum absolute atomic E-state index is 0.0513. The maximum Gasteiger partial charge on any atom is 0.273 e. The molecular weight excluding hydrogens is 290 g/mol. The molecule has 0 aliphatic rings. The van der Waals surface area contributed by atoms with Gasteiger partial charge in [-0.2, -0.15) is 0 Å². The summed E-state index contributed by atoms with van der Waals surface area (Å²) in [6.07, 6.45) is 0.860. The first-order valence-corrected chi connectivity index (χ1v) is 7.81. The number of aliphatic hydroxyl groups is 1. The van der Waals surface area contributed by atoms with Crippen LogP contribution in [0.3, 0.4) is 0 Å². The number of rotatable bonds is 7. The lowest BCUT2D eigenvalue weighted by Gasteiger charge is -2.22. The molecule has 0 spiro atoms. The van der Waals surface area contributed by atoms with Gasteiger partial charge in [-0.05, 0) is 34.6 Å². The molecule has 1 atom stereocenters. The number of nitrogens with one attached hydrogen (secondary N) is 2. The van der Waals surface area contributed by atoms with Gasteiger partial charge in [0, 0.05) is 18.1 Å².